The van der Waals surface area contributed by atoms with Crippen LogP contribution in [-0.2, 0) is 6.54 Å². The Morgan fingerprint density at radius 1 is 1.47 bits per heavy atom. The van der Waals surface area contributed by atoms with Gasteiger partial charge in [0, 0.05) is 37.8 Å². The van der Waals surface area contributed by atoms with Crippen LogP contribution in [0.3, 0.4) is 0 Å². The minimum Gasteiger partial charge on any atom is -0.370 e. The summed E-state index contributed by atoms with van der Waals surface area (Å²) in [5.41, 5.74) is 2.68. The van der Waals surface area contributed by atoms with E-state index in [0.29, 0.717) is 12.5 Å². The van der Waals surface area contributed by atoms with Crippen LogP contribution in [-0.4, -0.2) is 19.1 Å². The van der Waals surface area contributed by atoms with Gasteiger partial charge in [-0.2, -0.15) is 5.26 Å². The van der Waals surface area contributed by atoms with E-state index in [2.05, 4.69) is 47.5 Å². The molecule has 3 heteroatoms. The van der Waals surface area contributed by atoms with Gasteiger partial charge in [-0.15, -0.1) is 0 Å². The minimum absolute atomic E-state index is 0.490. The molecule has 0 saturated carbocycles. The quantitative estimate of drug-likeness (QED) is 0.808. The number of unbranched alkanes of at least 4 members (excludes halogenated alkanes) is 1. The van der Waals surface area contributed by atoms with Crippen LogP contribution < -0.4 is 10.2 Å². The van der Waals surface area contributed by atoms with Crippen LogP contribution in [0.25, 0.3) is 0 Å². The molecule has 1 aliphatic heterocycles. The first-order valence-corrected chi connectivity index (χ1v) is 6.24. The van der Waals surface area contributed by atoms with Gasteiger partial charge in [-0.25, -0.2) is 0 Å². The van der Waals surface area contributed by atoms with Gasteiger partial charge in [-0.3, -0.25) is 0 Å². The summed E-state index contributed by atoms with van der Waals surface area (Å²) < 4.78 is 0. The van der Waals surface area contributed by atoms with Crippen molar-refractivity contribution in [2.45, 2.75) is 32.4 Å². The van der Waals surface area contributed by atoms with Gasteiger partial charge in [-0.1, -0.05) is 18.2 Å². The molecule has 0 saturated heterocycles. The maximum absolute atomic E-state index is 8.62. The molecule has 3 nitrogen and oxygen atoms in total. The Balaban J connectivity index is 2.14. The standard InChI is InChI=1S/C14H19N3/c1-12-11-17(9-5-4-8-15)14-7-3-2-6-13(14)10-16-12/h2-3,6-7,12,16H,4-5,9-11H2,1H3. The third-order valence-corrected chi connectivity index (χ3v) is 3.18. The fraction of sp³-hybridized carbons (Fsp3) is 0.500. The number of nitriles is 1. The van der Waals surface area contributed by atoms with Gasteiger partial charge in [0.25, 0.3) is 0 Å². The van der Waals surface area contributed by atoms with E-state index in [4.69, 9.17) is 5.26 Å². The largest absolute Gasteiger partial charge is 0.370 e. The van der Waals surface area contributed by atoms with Crippen LogP contribution in [0, 0.1) is 11.3 Å². The Labute approximate surface area is 103 Å². The van der Waals surface area contributed by atoms with E-state index in [-0.39, 0.29) is 0 Å². The number of nitrogens with zero attached hydrogens (tertiary/aromatic N) is 2. The molecule has 1 N–H and O–H groups in total. The van der Waals surface area contributed by atoms with Crippen molar-refractivity contribution in [1.29, 1.82) is 5.26 Å². The zero-order valence-corrected chi connectivity index (χ0v) is 10.3. The molecule has 2 rings (SSSR count). The number of hydrogen-bond donors (Lipinski definition) is 1. The van der Waals surface area contributed by atoms with E-state index in [9.17, 15) is 0 Å². The van der Waals surface area contributed by atoms with Crippen molar-refractivity contribution in [1.82, 2.24) is 5.32 Å². The summed E-state index contributed by atoms with van der Waals surface area (Å²) in [4.78, 5) is 2.40. The predicted molar refractivity (Wildman–Crippen MR) is 69.8 cm³/mol. The average Bonchev–Trinajstić information content (AvgIpc) is 2.50. The van der Waals surface area contributed by atoms with E-state index < -0.39 is 0 Å². The Morgan fingerprint density at radius 3 is 3.12 bits per heavy atom. The van der Waals surface area contributed by atoms with Gasteiger partial charge in [0.05, 0.1) is 6.07 Å². The molecule has 1 atom stereocenters. The molecule has 0 fully saturated rings. The zero-order chi connectivity index (χ0) is 12.1. The summed E-state index contributed by atoms with van der Waals surface area (Å²) >= 11 is 0. The molecule has 0 aliphatic carbocycles. The number of nitrogens with one attached hydrogen (secondary N) is 1. The maximum Gasteiger partial charge on any atom is 0.0622 e. The van der Waals surface area contributed by atoms with Crippen LogP contribution in [0.1, 0.15) is 25.3 Å². The number of benzene rings is 1. The molecule has 1 heterocycles. The summed E-state index contributed by atoms with van der Waals surface area (Å²) in [5.74, 6) is 0. The van der Waals surface area contributed by atoms with Crippen molar-refractivity contribution in [2.75, 3.05) is 18.0 Å². The van der Waals surface area contributed by atoms with Gasteiger partial charge in [0.15, 0.2) is 0 Å². The summed E-state index contributed by atoms with van der Waals surface area (Å²) in [6.07, 6.45) is 1.58. The van der Waals surface area contributed by atoms with Crippen molar-refractivity contribution in [3.8, 4) is 6.07 Å². The van der Waals surface area contributed by atoms with Crippen molar-refractivity contribution in [3.63, 3.8) is 0 Å². The molecule has 0 amide bonds. The van der Waals surface area contributed by atoms with Gasteiger partial charge >= 0.3 is 0 Å². The van der Waals surface area contributed by atoms with Crippen molar-refractivity contribution in [2.24, 2.45) is 0 Å². The van der Waals surface area contributed by atoms with E-state index >= 15 is 0 Å². The lowest BCUT2D eigenvalue weighted by atomic mass is 10.1. The monoisotopic (exact) mass is 229 g/mol. The molecule has 1 unspecified atom stereocenters. The summed E-state index contributed by atoms with van der Waals surface area (Å²) in [7, 11) is 0. The Kier molecular flexibility index (Phi) is 4.00. The minimum atomic E-state index is 0.490. The molecule has 90 valence electrons. The normalized spacial score (nSPS) is 19.3. The first-order valence-electron chi connectivity index (χ1n) is 6.24. The summed E-state index contributed by atoms with van der Waals surface area (Å²) in [6.45, 7) is 5.13. The lowest BCUT2D eigenvalue weighted by Crippen LogP contribution is -2.36. The van der Waals surface area contributed by atoms with Gasteiger partial charge < -0.3 is 10.2 Å². The number of para-hydroxylation sites is 1. The van der Waals surface area contributed by atoms with Crippen molar-refractivity contribution >= 4 is 5.69 Å². The fourth-order valence-electron chi connectivity index (χ4n) is 2.31. The van der Waals surface area contributed by atoms with E-state index in [1.807, 2.05) is 0 Å². The number of anilines is 1. The zero-order valence-electron chi connectivity index (χ0n) is 10.3. The first kappa shape index (κ1) is 11.9. The highest BCUT2D eigenvalue weighted by Gasteiger charge is 2.17. The maximum atomic E-state index is 8.62. The van der Waals surface area contributed by atoms with E-state index in [1.54, 1.807) is 0 Å². The van der Waals surface area contributed by atoms with Crippen LogP contribution in [0.4, 0.5) is 5.69 Å². The Hall–Kier alpha value is -1.53. The number of rotatable bonds is 3. The second kappa shape index (κ2) is 5.70. The highest BCUT2D eigenvalue weighted by molar-refractivity contribution is 5.54. The molecule has 0 bridgehead atoms. The molecule has 17 heavy (non-hydrogen) atoms. The number of fused-ring (bicyclic) bond motifs is 1. The Bertz CT molecular complexity index is 408. The van der Waals surface area contributed by atoms with E-state index in [1.165, 1.54) is 11.3 Å². The van der Waals surface area contributed by atoms with Crippen molar-refractivity contribution in [3.05, 3.63) is 29.8 Å². The first-order chi connectivity index (χ1) is 8.31. The van der Waals surface area contributed by atoms with Crippen LogP contribution in [0.2, 0.25) is 0 Å². The SMILES string of the molecule is CC1CN(CCCC#N)c2ccccc2CN1. The van der Waals surface area contributed by atoms with Gasteiger partial charge in [-0.05, 0) is 25.0 Å². The smallest absolute Gasteiger partial charge is 0.0622 e. The van der Waals surface area contributed by atoms with Crippen LogP contribution in [0.5, 0.6) is 0 Å². The molecular formula is C14H19N3. The molecule has 1 aliphatic rings. The van der Waals surface area contributed by atoms with Crippen molar-refractivity contribution < 1.29 is 0 Å². The fourth-order valence-corrected chi connectivity index (χ4v) is 2.31. The third kappa shape index (κ3) is 2.98. The van der Waals surface area contributed by atoms with Crippen LogP contribution in [0.15, 0.2) is 24.3 Å². The second-order valence-corrected chi connectivity index (χ2v) is 4.62. The van der Waals surface area contributed by atoms with Crippen LogP contribution >= 0.6 is 0 Å². The Morgan fingerprint density at radius 2 is 2.29 bits per heavy atom. The highest BCUT2D eigenvalue weighted by Crippen LogP contribution is 2.23. The van der Waals surface area contributed by atoms with Gasteiger partial charge in [0.2, 0.25) is 0 Å². The molecule has 0 aromatic heterocycles. The molecular weight excluding hydrogens is 210 g/mol. The molecule has 1 aromatic carbocycles. The van der Waals surface area contributed by atoms with Gasteiger partial charge in [0.1, 0.15) is 0 Å². The predicted octanol–water partition coefficient (Wildman–Crippen LogP) is 2.29. The number of hydrogen-bond acceptors (Lipinski definition) is 3. The summed E-state index contributed by atoms with van der Waals surface area (Å²) in [6, 6.07) is 11.2. The highest BCUT2D eigenvalue weighted by atomic mass is 15.2. The molecule has 1 aromatic rings. The average molecular weight is 229 g/mol. The molecule has 0 spiro atoms. The third-order valence-electron chi connectivity index (χ3n) is 3.18. The lowest BCUT2D eigenvalue weighted by Gasteiger charge is -2.26. The topological polar surface area (TPSA) is 39.1 Å². The second-order valence-electron chi connectivity index (χ2n) is 4.62. The molecule has 0 radical (unpaired) electrons. The van der Waals surface area contributed by atoms with E-state index in [0.717, 1.165) is 26.1 Å². The summed E-state index contributed by atoms with van der Waals surface area (Å²) in [5, 5.41) is 12.1. The lowest BCUT2D eigenvalue weighted by molar-refractivity contribution is 0.550.